The molecule has 0 N–H and O–H groups in total. The van der Waals surface area contributed by atoms with Gasteiger partial charge in [0.05, 0.1) is 6.07 Å². The molecule has 1 aromatic heterocycles. The van der Waals surface area contributed by atoms with E-state index in [9.17, 15) is 9.18 Å². The Hall–Kier alpha value is -2.54. The summed E-state index contributed by atoms with van der Waals surface area (Å²) in [6.45, 7) is 0. The van der Waals surface area contributed by atoms with Crippen molar-refractivity contribution in [2.45, 2.75) is 5.92 Å². The van der Waals surface area contributed by atoms with Crippen LogP contribution in [0.1, 0.15) is 21.8 Å². The number of hydrogen-bond donors (Lipinski definition) is 0. The molecule has 3 nitrogen and oxygen atoms in total. The molecule has 0 spiro atoms. The van der Waals surface area contributed by atoms with Crippen molar-refractivity contribution in [3.8, 4) is 6.07 Å². The van der Waals surface area contributed by atoms with Crippen molar-refractivity contribution in [3.63, 3.8) is 0 Å². The summed E-state index contributed by atoms with van der Waals surface area (Å²) >= 11 is 0. The van der Waals surface area contributed by atoms with Crippen LogP contribution < -0.4 is 0 Å². The number of pyridine rings is 1. The number of carbonyl (C=O) groups excluding carboxylic acids is 1. The number of benzene rings is 1. The molecule has 2 rings (SSSR count). The lowest BCUT2D eigenvalue weighted by Gasteiger charge is -2.08. The molecule has 0 fully saturated rings. The molecule has 1 heterocycles. The average Bonchev–Trinajstić information content (AvgIpc) is 2.42. The van der Waals surface area contributed by atoms with Gasteiger partial charge < -0.3 is 0 Å². The molecule has 1 aromatic carbocycles. The minimum Gasteiger partial charge on any atom is -0.292 e. The fourth-order valence-corrected chi connectivity index (χ4v) is 1.61. The first-order chi connectivity index (χ1) is 8.72. The van der Waals surface area contributed by atoms with Crippen LogP contribution in [0.4, 0.5) is 4.39 Å². The minimum absolute atomic E-state index is 0.336. The highest BCUT2D eigenvalue weighted by Gasteiger charge is 2.21. The van der Waals surface area contributed by atoms with Gasteiger partial charge in [-0.1, -0.05) is 12.1 Å². The van der Waals surface area contributed by atoms with E-state index in [0.29, 0.717) is 11.1 Å². The predicted molar refractivity (Wildman–Crippen MR) is 63.3 cm³/mol. The highest BCUT2D eigenvalue weighted by Crippen LogP contribution is 2.20. The molecule has 0 saturated heterocycles. The Morgan fingerprint density at radius 2 is 2.00 bits per heavy atom. The molecule has 4 heteroatoms. The van der Waals surface area contributed by atoms with E-state index >= 15 is 0 Å². The topological polar surface area (TPSA) is 53.8 Å². The first kappa shape index (κ1) is 11.9. The number of hydrogen-bond acceptors (Lipinski definition) is 3. The lowest BCUT2D eigenvalue weighted by molar-refractivity contribution is 0.0978. The van der Waals surface area contributed by atoms with Crippen LogP contribution in [0.25, 0.3) is 0 Å². The van der Waals surface area contributed by atoms with Crippen LogP contribution in [0.3, 0.4) is 0 Å². The Morgan fingerprint density at radius 3 is 2.56 bits per heavy atom. The Kier molecular flexibility index (Phi) is 3.44. The van der Waals surface area contributed by atoms with Crippen molar-refractivity contribution in [3.05, 3.63) is 65.7 Å². The van der Waals surface area contributed by atoms with Gasteiger partial charge in [0.25, 0.3) is 0 Å². The van der Waals surface area contributed by atoms with Crippen LogP contribution in [0.2, 0.25) is 0 Å². The van der Waals surface area contributed by atoms with Crippen LogP contribution in [-0.4, -0.2) is 10.8 Å². The summed E-state index contributed by atoms with van der Waals surface area (Å²) in [7, 11) is 0. The zero-order chi connectivity index (χ0) is 13.0. The van der Waals surface area contributed by atoms with Gasteiger partial charge in [0.1, 0.15) is 11.7 Å². The predicted octanol–water partition coefficient (Wildman–Crippen LogP) is 2.71. The van der Waals surface area contributed by atoms with Gasteiger partial charge in [-0.3, -0.25) is 9.78 Å². The molecule has 0 aliphatic heterocycles. The molecule has 1 unspecified atom stereocenters. The summed E-state index contributed by atoms with van der Waals surface area (Å²) < 4.78 is 12.8. The van der Waals surface area contributed by atoms with E-state index in [1.54, 1.807) is 18.3 Å². The van der Waals surface area contributed by atoms with Gasteiger partial charge in [-0.05, 0) is 29.8 Å². The fraction of sp³-hybridized carbons (Fsp3) is 0.0714. The van der Waals surface area contributed by atoms with Gasteiger partial charge in [-0.25, -0.2) is 4.39 Å². The first-order valence-electron chi connectivity index (χ1n) is 5.31. The summed E-state index contributed by atoms with van der Waals surface area (Å²) in [6, 6.07) is 10.5. The first-order valence-corrected chi connectivity index (χ1v) is 5.31. The highest BCUT2D eigenvalue weighted by atomic mass is 19.1. The van der Waals surface area contributed by atoms with Gasteiger partial charge in [0, 0.05) is 18.0 Å². The highest BCUT2D eigenvalue weighted by molar-refractivity contribution is 6.02. The van der Waals surface area contributed by atoms with Crippen LogP contribution in [0.5, 0.6) is 0 Å². The molecule has 2 aromatic rings. The third-order valence-electron chi connectivity index (χ3n) is 2.54. The molecule has 0 bridgehead atoms. The smallest absolute Gasteiger partial charge is 0.185 e. The molecule has 0 radical (unpaired) electrons. The lowest BCUT2D eigenvalue weighted by Crippen LogP contribution is -2.11. The van der Waals surface area contributed by atoms with E-state index in [4.69, 9.17) is 5.26 Å². The maximum Gasteiger partial charge on any atom is 0.185 e. The maximum absolute atomic E-state index is 12.8. The van der Waals surface area contributed by atoms with E-state index in [1.165, 1.54) is 30.5 Å². The van der Waals surface area contributed by atoms with Crippen LogP contribution >= 0.6 is 0 Å². The van der Waals surface area contributed by atoms with Gasteiger partial charge >= 0.3 is 0 Å². The Morgan fingerprint density at radius 1 is 1.28 bits per heavy atom. The Bertz CT molecular complexity index is 587. The van der Waals surface area contributed by atoms with Crippen LogP contribution in [-0.2, 0) is 0 Å². The number of halogens is 1. The number of ketones is 1. The molecule has 0 aliphatic rings. The summed E-state index contributed by atoms with van der Waals surface area (Å²) in [4.78, 5) is 15.9. The van der Waals surface area contributed by atoms with Gasteiger partial charge in [0.15, 0.2) is 5.78 Å². The quantitative estimate of drug-likeness (QED) is 0.775. The van der Waals surface area contributed by atoms with Gasteiger partial charge in [0.2, 0.25) is 0 Å². The largest absolute Gasteiger partial charge is 0.292 e. The zero-order valence-electron chi connectivity index (χ0n) is 9.38. The Balaban J connectivity index is 2.33. The monoisotopic (exact) mass is 240 g/mol. The average molecular weight is 240 g/mol. The molecule has 0 amide bonds. The molecular formula is C14H9FN2O. The second-order valence-electron chi connectivity index (χ2n) is 3.72. The summed E-state index contributed by atoms with van der Waals surface area (Å²) in [5.41, 5.74) is 0.848. The fourth-order valence-electron chi connectivity index (χ4n) is 1.61. The standard InChI is InChI=1S/C14H9FN2O/c15-12-5-3-10(4-6-12)13(8-16)14(18)11-2-1-7-17-9-11/h1-7,9,13H. The van der Waals surface area contributed by atoms with Crippen molar-refractivity contribution >= 4 is 5.78 Å². The minimum atomic E-state index is -0.935. The summed E-state index contributed by atoms with van der Waals surface area (Å²) in [5.74, 6) is -1.67. The van der Waals surface area contributed by atoms with Crippen LogP contribution in [0, 0.1) is 17.1 Å². The van der Waals surface area contributed by atoms with Crippen molar-refractivity contribution < 1.29 is 9.18 Å². The molecule has 0 aliphatic carbocycles. The van der Waals surface area contributed by atoms with E-state index < -0.39 is 11.7 Å². The number of Topliss-reactive ketones (excluding diaryl/α,β-unsaturated/α-hetero) is 1. The lowest BCUT2D eigenvalue weighted by atomic mass is 9.92. The van der Waals surface area contributed by atoms with Gasteiger partial charge in [-0.15, -0.1) is 0 Å². The van der Waals surface area contributed by atoms with Gasteiger partial charge in [-0.2, -0.15) is 5.26 Å². The Labute approximate surface area is 104 Å². The van der Waals surface area contributed by atoms with Crippen molar-refractivity contribution in [1.82, 2.24) is 4.98 Å². The van der Waals surface area contributed by atoms with Crippen molar-refractivity contribution in [2.24, 2.45) is 0 Å². The van der Waals surface area contributed by atoms with E-state index in [-0.39, 0.29) is 5.78 Å². The van der Waals surface area contributed by atoms with E-state index in [0.717, 1.165) is 0 Å². The number of aromatic nitrogens is 1. The number of nitriles is 1. The molecule has 18 heavy (non-hydrogen) atoms. The second kappa shape index (κ2) is 5.19. The maximum atomic E-state index is 12.8. The second-order valence-corrected chi connectivity index (χ2v) is 3.72. The third-order valence-corrected chi connectivity index (χ3v) is 2.54. The SMILES string of the molecule is N#CC(C(=O)c1cccnc1)c1ccc(F)cc1. The summed E-state index contributed by atoms with van der Waals surface area (Å²) in [5, 5.41) is 9.10. The van der Waals surface area contributed by atoms with Crippen molar-refractivity contribution in [1.29, 1.82) is 5.26 Å². The van der Waals surface area contributed by atoms with Crippen LogP contribution in [0.15, 0.2) is 48.8 Å². The zero-order valence-corrected chi connectivity index (χ0v) is 9.38. The molecule has 88 valence electrons. The van der Waals surface area contributed by atoms with E-state index in [1.807, 2.05) is 6.07 Å². The normalized spacial score (nSPS) is 11.6. The molecule has 0 saturated carbocycles. The molecule has 1 atom stereocenters. The van der Waals surface area contributed by atoms with E-state index in [2.05, 4.69) is 4.98 Å². The van der Waals surface area contributed by atoms with Crippen molar-refractivity contribution in [2.75, 3.05) is 0 Å². The molecular weight excluding hydrogens is 231 g/mol. The number of carbonyl (C=O) groups is 1. The number of nitrogens with zero attached hydrogens (tertiary/aromatic N) is 2. The third kappa shape index (κ3) is 2.41. The summed E-state index contributed by atoms with van der Waals surface area (Å²) in [6.07, 6.45) is 2.96. The number of rotatable bonds is 3.